The van der Waals surface area contributed by atoms with E-state index in [0.717, 1.165) is 17.2 Å². The fourth-order valence-electron chi connectivity index (χ4n) is 2.92. The van der Waals surface area contributed by atoms with Crippen molar-refractivity contribution in [2.75, 3.05) is 11.9 Å². The van der Waals surface area contributed by atoms with Crippen LogP contribution in [-0.4, -0.2) is 23.5 Å². The maximum atomic E-state index is 13.1. The first kappa shape index (κ1) is 17.4. The normalized spacial score (nSPS) is 18.5. The highest BCUT2D eigenvalue weighted by molar-refractivity contribution is 6.39. The van der Waals surface area contributed by atoms with Crippen molar-refractivity contribution in [1.29, 1.82) is 0 Å². The fraction of sp³-hybridized carbons (Fsp3) is 0.222. The van der Waals surface area contributed by atoms with Crippen LogP contribution < -0.4 is 10.6 Å². The molecule has 0 radical (unpaired) electrons. The van der Waals surface area contributed by atoms with Crippen molar-refractivity contribution in [3.8, 4) is 0 Å². The fourth-order valence-corrected chi connectivity index (χ4v) is 3.10. The third-order valence-corrected chi connectivity index (χ3v) is 4.54. The van der Waals surface area contributed by atoms with Gasteiger partial charge in [-0.3, -0.25) is 9.59 Å². The third-order valence-electron chi connectivity index (χ3n) is 4.25. The van der Waals surface area contributed by atoms with E-state index in [-0.39, 0.29) is 17.3 Å². The van der Waals surface area contributed by atoms with Crippen molar-refractivity contribution in [2.45, 2.75) is 18.4 Å². The molecule has 2 aromatic rings. The zero-order valence-electron chi connectivity index (χ0n) is 13.2. The molecule has 0 saturated carbocycles. The Morgan fingerprint density at radius 2 is 1.96 bits per heavy atom. The zero-order valence-corrected chi connectivity index (χ0v) is 13.9. The number of carbonyl (C=O) groups is 2. The van der Waals surface area contributed by atoms with E-state index in [1.165, 1.54) is 12.1 Å². The van der Waals surface area contributed by atoms with Gasteiger partial charge in [-0.1, -0.05) is 35.9 Å². The molecule has 1 aliphatic carbocycles. The van der Waals surface area contributed by atoms with E-state index < -0.39 is 23.2 Å². The Labute approximate surface area is 148 Å². The standard InChI is InChI=1S/C18H16ClFN2O3/c19-14-9-12(5-6-15(14)20)22-17(24)16(23)21-10-18(25)8-7-11-3-1-2-4-13(11)18/h1-6,9,25H,7-8,10H2,(H,21,23)(H,22,24). The van der Waals surface area contributed by atoms with Crippen molar-refractivity contribution >= 4 is 29.1 Å². The van der Waals surface area contributed by atoms with E-state index in [1.807, 2.05) is 24.3 Å². The van der Waals surface area contributed by atoms with Gasteiger partial charge in [0.1, 0.15) is 11.4 Å². The molecule has 0 heterocycles. The van der Waals surface area contributed by atoms with Gasteiger partial charge in [-0.05, 0) is 42.2 Å². The number of benzene rings is 2. The van der Waals surface area contributed by atoms with Crippen LogP contribution in [0, 0.1) is 5.82 Å². The average Bonchev–Trinajstić information content (AvgIpc) is 2.94. The molecule has 3 N–H and O–H groups in total. The monoisotopic (exact) mass is 362 g/mol. The van der Waals surface area contributed by atoms with E-state index >= 15 is 0 Å². The molecule has 25 heavy (non-hydrogen) atoms. The van der Waals surface area contributed by atoms with Gasteiger partial charge >= 0.3 is 11.8 Å². The first-order chi connectivity index (χ1) is 11.9. The summed E-state index contributed by atoms with van der Waals surface area (Å²) < 4.78 is 13.1. The summed E-state index contributed by atoms with van der Waals surface area (Å²) in [6, 6.07) is 11.1. The second-order valence-corrected chi connectivity index (χ2v) is 6.36. The quantitative estimate of drug-likeness (QED) is 0.733. The van der Waals surface area contributed by atoms with Gasteiger partial charge in [0.25, 0.3) is 0 Å². The Hall–Kier alpha value is -2.44. The summed E-state index contributed by atoms with van der Waals surface area (Å²) in [6.45, 7) is -0.0690. The van der Waals surface area contributed by atoms with Crippen LogP contribution in [0.15, 0.2) is 42.5 Å². The lowest BCUT2D eigenvalue weighted by Crippen LogP contribution is -2.43. The van der Waals surface area contributed by atoms with E-state index in [1.54, 1.807) is 0 Å². The number of amides is 2. The molecule has 0 aromatic heterocycles. The summed E-state index contributed by atoms with van der Waals surface area (Å²) in [6.07, 6.45) is 1.19. The van der Waals surface area contributed by atoms with Gasteiger partial charge in [0.2, 0.25) is 0 Å². The summed E-state index contributed by atoms with van der Waals surface area (Å²) in [5.74, 6) is -2.43. The maximum absolute atomic E-state index is 13.1. The van der Waals surface area contributed by atoms with Crippen molar-refractivity contribution < 1.29 is 19.1 Å². The molecule has 0 bridgehead atoms. The summed E-state index contributed by atoms with van der Waals surface area (Å²) in [7, 11) is 0. The van der Waals surface area contributed by atoms with Gasteiger partial charge in [-0.25, -0.2) is 4.39 Å². The summed E-state index contributed by atoms with van der Waals surface area (Å²) >= 11 is 5.63. The molecular weight excluding hydrogens is 347 g/mol. The topological polar surface area (TPSA) is 78.4 Å². The molecule has 7 heteroatoms. The lowest BCUT2D eigenvalue weighted by atomic mass is 9.96. The maximum Gasteiger partial charge on any atom is 0.313 e. The number of anilines is 1. The number of aliphatic hydroxyl groups is 1. The predicted molar refractivity (Wildman–Crippen MR) is 91.7 cm³/mol. The molecule has 130 valence electrons. The molecule has 1 unspecified atom stereocenters. The van der Waals surface area contributed by atoms with Crippen LogP contribution >= 0.6 is 11.6 Å². The van der Waals surface area contributed by atoms with Crippen LogP contribution in [0.25, 0.3) is 0 Å². The van der Waals surface area contributed by atoms with Gasteiger partial charge < -0.3 is 15.7 Å². The number of hydrogen-bond donors (Lipinski definition) is 3. The molecule has 0 fully saturated rings. The first-order valence-electron chi connectivity index (χ1n) is 7.74. The molecule has 2 amide bonds. The number of rotatable bonds is 3. The number of fused-ring (bicyclic) bond motifs is 1. The number of hydrogen-bond acceptors (Lipinski definition) is 3. The molecule has 0 aliphatic heterocycles. The van der Waals surface area contributed by atoms with E-state index in [9.17, 15) is 19.1 Å². The Balaban J connectivity index is 1.61. The minimum absolute atomic E-state index is 0.0690. The SMILES string of the molecule is O=C(NCC1(O)CCc2ccccc21)C(=O)Nc1ccc(F)c(Cl)c1. The predicted octanol–water partition coefficient (Wildman–Crippen LogP) is 2.37. The Bertz CT molecular complexity index is 843. The highest BCUT2D eigenvalue weighted by Gasteiger charge is 2.37. The molecule has 0 saturated heterocycles. The van der Waals surface area contributed by atoms with Crippen molar-refractivity contribution in [2.24, 2.45) is 0 Å². The number of aryl methyl sites for hydroxylation is 1. The second-order valence-electron chi connectivity index (χ2n) is 5.95. The van der Waals surface area contributed by atoms with E-state index in [4.69, 9.17) is 11.6 Å². The highest BCUT2D eigenvalue weighted by atomic mass is 35.5. The second kappa shape index (κ2) is 6.82. The van der Waals surface area contributed by atoms with Crippen LogP contribution in [-0.2, 0) is 21.6 Å². The Morgan fingerprint density at radius 1 is 1.20 bits per heavy atom. The van der Waals surface area contributed by atoms with Crippen molar-refractivity contribution in [3.05, 3.63) is 64.4 Å². The van der Waals surface area contributed by atoms with Crippen LogP contribution in [0.3, 0.4) is 0 Å². The summed E-state index contributed by atoms with van der Waals surface area (Å²) in [5, 5.41) is 15.3. The van der Waals surface area contributed by atoms with Gasteiger partial charge in [0, 0.05) is 5.69 Å². The molecule has 0 spiro atoms. The minimum atomic E-state index is -1.19. The minimum Gasteiger partial charge on any atom is -0.383 e. The first-order valence-corrected chi connectivity index (χ1v) is 8.12. The Morgan fingerprint density at radius 3 is 2.72 bits per heavy atom. The molecular formula is C18H16ClFN2O3. The third kappa shape index (κ3) is 3.65. The van der Waals surface area contributed by atoms with Crippen LogP contribution in [0.5, 0.6) is 0 Å². The molecule has 2 aromatic carbocycles. The lowest BCUT2D eigenvalue weighted by molar-refractivity contribution is -0.136. The van der Waals surface area contributed by atoms with E-state index in [0.29, 0.717) is 12.8 Å². The summed E-state index contributed by atoms with van der Waals surface area (Å²) in [4.78, 5) is 23.9. The van der Waals surface area contributed by atoms with Gasteiger partial charge in [0.15, 0.2) is 0 Å². The molecule has 5 nitrogen and oxygen atoms in total. The van der Waals surface area contributed by atoms with Crippen LogP contribution in [0.2, 0.25) is 5.02 Å². The van der Waals surface area contributed by atoms with Gasteiger partial charge in [0.05, 0.1) is 11.6 Å². The van der Waals surface area contributed by atoms with Crippen molar-refractivity contribution in [3.63, 3.8) is 0 Å². The average molecular weight is 363 g/mol. The largest absolute Gasteiger partial charge is 0.383 e. The van der Waals surface area contributed by atoms with Crippen LogP contribution in [0.4, 0.5) is 10.1 Å². The number of halogens is 2. The number of carbonyl (C=O) groups excluding carboxylic acids is 2. The Kier molecular flexibility index (Phi) is 4.74. The zero-order chi connectivity index (χ0) is 18.0. The highest BCUT2D eigenvalue weighted by Crippen LogP contribution is 2.36. The van der Waals surface area contributed by atoms with Crippen molar-refractivity contribution in [1.82, 2.24) is 5.32 Å². The smallest absolute Gasteiger partial charge is 0.313 e. The molecule has 1 aliphatic rings. The van der Waals surface area contributed by atoms with Gasteiger partial charge in [-0.15, -0.1) is 0 Å². The molecule has 3 rings (SSSR count). The number of nitrogens with one attached hydrogen (secondary N) is 2. The summed E-state index contributed by atoms with van der Waals surface area (Å²) in [5.41, 5.74) is 0.813. The molecule has 1 atom stereocenters. The van der Waals surface area contributed by atoms with E-state index in [2.05, 4.69) is 10.6 Å². The van der Waals surface area contributed by atoms with Crippen LogP contribution in [0.1, 0.15) is 17.5 Å². The van der Waals surface area contributed by atoms with Gasteiger partial charge in [-0.2, -0.15) is 0 Å². The lowest BCUT2D eigenvalue weighted by Gasteiger charge is -2.24.